The number of benzene rings is 1. The van der Waals surface area contributed by atoms with Gasteiger partial charge in [-0.1, -0.05) is 11.6 Å². The summed E-state index contributed by atoms with van der Waals surface area (Å²) in [4.78, 5) is 2.36. The van der Waals surface area contributed by atoms with Gasteiger partial charge >= 0.3 is 0 Å². The van der Waals surface area contributed by atoms with Crippen molar-refractivity contribution in [3.05, 3.63) is 27.8 Å². The number of hydrogen-bond donors (Lipinski definition) is 1. The van der Waals surface area contributed by atoms with Gasteiger partial charge in [0.25, 0.3) is 0 Å². The zero-order valence-corrected chi connectivity index (χ0v) is 14.0. The molecule has 1 aromatic rings. The first kappa shape index (κ1) is 15.1. The summed E-state index contributed by atoms with van der Waals surface area (Å²) < 4.78 is 6.27. The molecule has 3 nitrogen and oxygen atoms in total. The molecule has 0 amide bonds. The predicted molar refractivity (Wildman–Crippen MR) is 85.2 cm³/mol. The number of aliphatic hydroxyl groups excluding tert-OH is 1. The minimum atomic E-state index is -0.556. The summed E-state index contributed by atoms with van der Waals surface area (Å²) in [5.41, 5.74) is 2.39. The third-order valence-electron chi connectivity index (χ3n) is 4.91. The molecule has 0 radical (unpaired) electrons. The molecule has 0 saturated carbocycles. The van der Waals surface area contributed by atoms with Crippen LogP contribution in [0.1, 0.15) is 49.5 Å². The Morgan fingerprint density at radius 1 is 1.29 bits per heavy atom. The van der Waals surface area contributed by atoms with E-state index in [9.17, 15) is 5.11 Å². The molecule has 2 aliphatic heterocycles. The summed E-state index contributed by atoms with van der Waals surface area (Å²) in [6.07, 6.45) is 1.83. The summed E-state index contributed by atoms with van der Waals surface area (Å²) in [5, 5.41) is 11.8. The number of aryl methyl sites for hydroxylation is 1. The lowest BCUT2D eigenvalue weighted by Gasteiger charge is -2.47. The molecule has 116 valence electrons. The number of halogens is 1. The third kappa shape index (κ3) is 2.36. The van der Waals surface area contributed by atoms with Crippen molar-refractivity contribution in [2.24, 2.45) is 0 Å². The standard InChI is InChI=1S/C17H24ClNO2/c1-10-9-12-13(11(2)14(10)18)15(20)16(17(3,4)21-12)19-7-5-6-8-19/h9,15-16,20H,5-8H2,1-4H3. The van der Waals surface area contributed by atoms with Gasteiger partial charge in [0.05, 0.1) is 6.04 Å². The van der Waals surface area contributed by atoms with Gasteiger partial charge in [-0.25, -0.2) is 0 Å². The molecular formula is C17H24ClNO2. The molecule has 0 aliphatic carbocycles. The van der Waals surface area contributed by atoms with Crippen molar-refractivity contribution in [3.63, 3.8) is 0 Å². The van der Waals surface area contributed by atoms with E-state index in [1.807, 2.05) is 19.9 Å². The van der Waals surface area contributed by atoms with Crippen LogP contribution < -0.4 is 4.74 Å². The van der Waals surface area contributed by atoms with Crippen molar-refractivity contribution in [3.8, 4) is 5.75 Å². The van der Waals surface area contributed by atoms with Gasteiger partial charge in [-0.3, -0.25) is 4.90 Å². The molecule has 1 fully saturated rings. The van der Waals surface area contributed by atoms with Gasteiger partial charge in [0.1, 0.15) is 17.5 Å². The monoisotopic (exact) mass is 309 g/mol. The van der Waals surface area contributed by atoms with Crippen LogP contribution in [-0.4, -0.2) is 34.7 Å². The van der Waals surface area contributed by atoms with Gasteiger partial charge in [0.2, 0.25) is 0 Å². The average molecular weight is 310 g/mol. The van der Waals surface area contributed by atoms with Crippen LogP contribution in [0.25, 0.3) is 0 Å². The zero-order valence-electron chi connectivity index (χ0n) is 13.2. The second-order valence-electron chi connectivity index (χ2n) is 6.88. The fraction of sp³-hybridized carbons (Fsp3) is 0.647. The minimum absolute atomic E-state index is 0.0232. The van der Waals surface area contributed by atoms with Crippen LogP contribution in [0, 0.1) is 13.8 Å². The predicted octanol–water partition coefficient (Wildman–Crippen LogP) is 3.63. The molecule has 2 unspecified atom stereocenters. The SMILES string of the molecule is Cc1cc2c(c(C)c1Cl)C(O)C(N1CCCC1)C(C)(C)O2. The quantitative estimate of drug-likeness (QED) is 0.860. The molecule has 3 rings (SSSR count). The minimum Gasteiger partial charge on any atom is -0.486 e. The summed E-state index contributed by atoms with van der Waals surface area (Å²) in [6.45, 7) is 10.2. The van der Waals surface area contributed by atoms with Crippen LogP contribution in [0.4, 0.5) is 0 Å². The van der Waals surface area contributed by atoms with Gasteiger partial charge in [0.15, 0.2) is 0 Å². The molecule has 0 bridgehead atoms. The molecule has 2 atom stereocenters. The second-order valence-corrected chi connectivity index (χ2v) is 7.26. The third-order valence-corrected chi connectivity index (χ3v) is 5.49. The van der Waals surface area contributed by atoms with E-state index in [4.69, 9.17) is 16.3 Å². The topological polar surface area (TPSA) is 32.7 Å². The summed E-state index contributed by atoms with van der Waals surface area (Å²) in [6, 6.07) is 1.93. The van der Waals surface area contributed by atoms with Gasteiger partial charge in [-0.2, -0.15) is 0 Å². The fourth-order valence-electron chi connectivity index (χ4n) is 3.93. The Morgan fingerprint density at radius 2 is 1.90 bits per heavy atom. The van der Waals surface area contributed by atoms with E-state index in [-0.39, 0.29) is 6.04 Å². The molecule has 21 heavy (non-hydrogen) atoms. The van der Waals surface area contributed by atoms with Crippen LogP contribution in [0.3, 0.4) is 0 Å². The highest BCUT2D eigenvalue weighted by molar-refractivity contribution is 6.32. The summed E-state index contributed by atoms with van der Waals surface area (Å²) in [7, 11) is 0. The lowest BCUT2D eigenvalue weighted by molar-refractivity contribution is -0.0760. The van der Waals surface area contributed by atoms with Crippen LogP contribution in [0.2, 0.25) is 5.02 Å². The van der Waals surface area contributed by atoms with Crippen molar-refractivity contribution in [1.82, 2.24) is 4.90 Å². The van der Waals surface area contributed by atoms with Crippen LogP contribution in [0.5, 0.6) is 5.75 Å². The Kier molecular flexibility index (Phi) is 3.71. The highest BCUT2D eigenvalue weighted by Crippen LogP contribution is 2.46. The maximum atomic E-state index is 11.0. The smallest absolute Gasteiger partial charge is 0.126 e. The van der Waals surface area contributed by atoms with Crippen LogP contribution in [0.15, 0.2) is 6.07 Å². The van der Waals surface area contributed by atoms with Crippen molar-refractivity contribution in [1.29, 1.82) is 0 Å². The first-order chi connectivity index (χ1) is 9.83. The number of aliphatic hydroxyl groups is 1. The maximum Gasteiger partial charge on any atom is 0.126 e. The van der Waals surface area contributed by atoms with Crippen LogP contribution >= 0.6 is 11.6 Å². The van der Waals surface area contributed by atoms with E-state index >= 15 is 0 Å². The average Bonchev–Trinajstić information content (AvgIpc) is 2.88. The molecule has 4 heteroatoms. The van der Waals surface area contributed by atoms with E-state index in [0.717, 1.165) is 40.6 Å². The zero-order chi connectivity index (χ0) is 15.4. The van der Waals surface area contributed by atoms with E-state index < -0.39 is 11.7 Å². The molecule has 1 aromatic carbocycles. The normalized spacial score (nSPS) is 28.3. The van der Waals surface area contributed by atoms with E-state index in [1.165, 1.54) is 12.8 Å². The van der Waals surface area contributed by atoms with Crippen molar-refractivity contribution in [2.45, 2.75) is 58.3 Å². The lowest BCUT2D eigenvalue weighted by atomic mass is 9.83. The van der Waals surface area contributed by atoms with E-state index in [0.29, 0.717) is 0 Å². The summed E-state index contributed by atoms with van der Waals surface area (Å²) in [5.74, 6) is 0.780. The van der Waals surface area contributed by atoms with E-state index in [2.05, 4.69) is 18.7 Å². The number of fused-ring (bicyclic) bond motifs is 1. The number of rotatable bonds is 1. The number of nitrogens with zero attached hydrogens (tertiary/aromatic N) is 1. The van der Waals surface area contributed by atoms with Gasteiger partial charge in [0, 0.05) is 10.6 Å². The number of hydrogen-bond acceptors (Lipinski definition) is 3. The van der Waals surface area contributed by atoms with Gasteiger partial charge in [-0.15, -0.1) is 0 Å². The Hall–Kier alpha value is -0.770. The molecule has 1 saturated heterocycles. The highest BCUT2D eigenvalue weighted by atomic mass is 35.5. The Balaban J connectivity index is 2.10. The molecule has 0 aromatic heterocycles. The molecule has 2 aliphatic rings. The first-order valence-electron chi connectivity index (χ1n) is 7.73. The Labute approximate surface area is 131 Å². The molecule has 1 N–H and O–H groups in total. The van der Waals surface area contributed by atoms with E-state index in [1.54, 1.807) is 0 Å². The first-order valence-corrected chi connectivity index (χ1v) is 8.11. The second kappa shape index (κ2) is 5.15. The van der Waals surface area contributed by atoms with Gasteiger partial charge in [-0.05, 0) is 70.8 Å². The Morgan fingerprint density at radius 3 is 2.52 bits per heavy atom. The van der Waals surface area contributed by atoms with Crippen molar-refractivity contribution < 1.29 is 9.84 Å². The molecular weight excluding hydrogens is 286 g/mol. The van der Waals surface area contributed by atoms with Gasteiger partial charge < -0.3 is 9.84 Å². The maximum absolute atomic E-state index is 11.0. The largest absolute Gasteiger partial charge is 0.486 e. The highest BCUT2D eigenvalue weighted by Gasteiger charge is 2.47. The molecule has 0 spiro atoms. The number of likely N-dealkylation sites (tertiary alicyclic amines) is 1. The lowest BCUT2D eigenvalue weighted by Crippen LogP contribution is -2.57. The fourth-order valence-corrected chi connectivity index (χ4v) is 4.09. The number of ether oxygens (including phenoxy) is 1. The summed E-state index contributed by atoms with van der Waals surface area (Å²) >= 11 is 6.38. The Bertz CT molecular complexity index is 564. The molecule has 2 heterocycles. The van der Waals surface area contributed by atoms with Crippen LogP contribution in [-0.2, 0) is 0 Å². The van der Waals surface area contributed by atoms with Crippen molar-refractivity contribution in [2.75, 3.05) is 13.1 Å². The van der Waals surface area contributed by atoms with Crippen molar-refractivity contribution >= 4 is 11.6 Å².